The maximum Gasteiger partial charge on any atom is 0.106 e. The Morgan fingerprint density at radius 2 is 1.48 bits per heavy atom. The number of halogens is 2. The van der Waals surface area contributed by atoms with Gasteiger partial charge in [0, 0.05) is 23.5 Å². The van der Waals surface area contributed by atoms with Crippen molar-refractivity contribution >= 4 is 21.8 Å². The first-order chi connectivity index (χ1) is 15.7. The molecule has 0 heterocycles. The molecule has 0 radical (unpaired) electrons. The van der Waals surface area contributed by atoms with Crippen molar-refractivity contribution in [2.24, 2.45) is 0 Å². The molecule has 2 fully saturated rings. The average molecular weight is 534 g/mol. The molecule has 2 aromatic carbocycles. The van der Waals surface area contributed by atoms with Crippen molar-refractivity contribution in [2.45, 2.75) is 101 Å². The van der Waals surface area contributed by atoms with Crippen LogP contribution in [0.1, 0.15) is 88.8 Å². The monoisotopic (exact) mass is 534 g/mol. The minimum atomic E-state index is -0.965. The fraction of sp³-hybridized carbons (Fsp3) is 0.643. The van der Waals surface area contributed by atoms with Crippen LogP contribution in [0.4, 0.5) is 8.78 Å². The molecule has 5 heteroatoms. The van der Waals surface area contributed by atoms with Crippen molar-refractivity contribution < 1.29 is 25.8 Å². The molecule has 0 saturated heterocycles. The third kappa shape index (κ3) is 9.49. The van der Waals surface area contributed by atoms with Crippen LogP contribution >= 0.6 is 16.5 Å². The second-order valence-electron chi connectivity index (χ2n) is 9.52. The van der Waals surface area contributed by atoms with Crippen LogP contribution in [0, 0.1) is 0 Å². The summed E-state index contributed by atoms with van der Waals surface area (Å²) in [6, 6.07) is 17.0. The van der Waals surface area contributed by atoms with Gasteiger partial charge >= 0.3 is 0 Å². The van der Waals surface area contributed by atoms with Gasteiger partial charge in [-0.2, -0.15) is 6.07 Å². The fourth-order valence-corrected chi connectivity index (χ4v) is 10.8. The van der Waals surface area contributed by atoms with Gasteiger partial charge in [-0.1, -0.05) is 53.4 Å². The van der Waals surface area contributed by atoms with Crippen LogP contribution in [0.25, 0.3) is 0 Å². The van der Waals surface area contributed by atoms with Crippen molar-refractivity contribution in [1.29, 1.82) is 0 Å². The van der Waals surface area contributed by atoms with Gasteiger partial charge in [-0.25, -0.2) is 16.5 Å². The Morgan fingerprint density at radius 3 is 1.97 bits per heavy atom. The van der Waals surface area contributed by atoms with E-state index in [1.807, 2.05) is 30.3 Å². The van der Waals surface area contributed by atoms with Crippen LogP contribution in [0.5, 0.6) is 0 Å². The molecule has 0 aromatic heterocycles. The van der Waals surface area contributed by atoms with E-state index < -0.39 is 12.8 Å². The topological polar surface area (TPSA) is 0 Å². The first-order valence-electron chi connectivity index (χ1n) is 12.8. The van der Waals surface area contributed by atoms with Gasteiger partial charge in [-0.3, -0.25) is 4.39 Å². The summed E-state index contributed by atoms with van der Waals surface area (Å²) >= 11 is 0. The van der Waals surface area contributed by atoms with Gasteiger partial charge < -0.3 is 30.3 Å². The molecule has 33 heavy (non-hydrogen) atoms. The molecular formula is C28H42F2FeP2-6. The minimum Gasteiger partial charge on any atom is -0.748 e. The first-order valence-corrected chi connectivity index (χ1v) is 15.6. The zero-order valence-corrected chi connectivity index (χ0v) is 23.2. The second kappa shape index (κ2) is 16.6. The summed E-state index contributed by atoms with van der Waals surface area (Å²) in [7, 11) is 0.476. The van der Waals surface area contributed by atoms with Gasteiger partial charge in [0.2, 0.25) is 0 Å². The molecule has 2 saturated carbocycles. The molecule has 192 valence electrons. The Morgan fingerprint density at radius 1 is 0.970 bits per heavy atom. The van der Waals surface area contributed by atoms with E-state index in [0.717, 1.165) is 11.3 Å². The van der Waals surface area contributed by atoms with Gasteiger partial charge in [0.05, 0.1) is 6.67 Å². The largest absolute Gasteiger partial charge is 0.748 e. The van der Waals surface area contributed by atoms with Crippen LogP contribution in [0.15, 0.2) is 48.5 Å². The Hall–Kier alpha value is -0.0605. The number of rotatable bonds is 9. The smallest absolute Gasteiger partial charge is 0.106 e. The van der Waals surface area contributed by atoms with E-state index >= 15 is 0 Å². The number of hydrogen-bond acceptors (Lipinski definition) is 0. The van der Waals surface area contributed by atoms with Crippen LogP contribution in [0.2, 0.25) is 0 Å². The van der Waals surface area contributed by atoms with E-state index in [0.29, 0.717) is 20.4 Å². The molecule has 0 spiro atoms. The number of hydrogen-bond donors (Lipinski definition) is 0. The van der Waals surface area contributed by atoms with Crippen molar-refractivity contribution in [2.75, 3.05) is 12.8 Å². The molecule has 3 atom stereocenters. The summed E-state index contributed by atoms with van der Waals surface area (Å²) in [5.41, 5.74) is 3.75. The molecule has 4 rings (SSSR count). The van der Waals surface area contributed by atoms with Crippen molar-refractivity contribution in [3.63, 3.8) is 0 Å². The summed E-state index contributed by atoms with van der Waals surface area (Å²) in [5.74, 6) is 0. The Balaban J connectivity index is 0.000000568. The van der Waals surface area contributed by atoms with Gasteiger partial charge in [-0.15, -0.1) is 19.4 Å². The van der Waals surface area contributed by atoms with E-state index in [4.69, 9.17) is 0 Å². The molecule has 3 unspecified atom stereocenters. The molecule has 2 aliphatic rings. The molecule has 2 aliphatic carbocycles. The van der Waals surface area contributed by atoms with E-state index in [1.54, 1.807) is 5.30 Å². The maximum atomic E-state index is 13.8. The fourth-order valence-electron chi connectivity index (χ4n) is 5.39. The van der Waals surface area contributed by atoms with E-state index in [9.17, 15) is 8.78 Å². The van der Waals surface area contributed by atoms with E-state index in [2.05, 4.69) is 25.1 Å². The quantitative estimate of drug-likeness (QED) is 0.171. The Bertz CT molecular complexity index is 670. The predicted molar refractivity (Wildman–Crippen MR) is 141 cm³/mol. The zero-order chi connectivity index (χ0) is 22.6. The van der Waals surface area contributed by atoms with Gasteiger partial charge in [0.15, 0.2) is 0 Å². The zero-order valence-electron chi connectivity index (χ0n) is 20.2. The van der Waals surface area contributed by atoms with Crippen LogP contribution in [0.3, 0.4) is 0 Å². The normalized spacial score (nSPS) is 19.8. The predicted octanol–water partition coefficient (Wildman–Crippen LogP) is 9.02. The molecule has 0 aliphatic heterocycles. The Kier molecular flexibility index (Phi) is 14.7. The first kappa shape index (κ1) is 29.2. The van der Waals surface area contributed by atoms with Crippen LogP contribution in [-0.4, -0.2) is 30.3 Å². The average Bonchev–Trinajstić information content (AvgIpc) is 3.55. The summed E-state index contributed by atoms with van der Waals surface area (Å²) < 4.78 is 26.2. The van der Waals surface area contributed by atoms with Crippen molar-refractivity contribution in [3.05, 3.63) is 54.1 Å². The molecular weight excluding hydrogens is 492 g/mol. The SMILES string of the molecule is CC(PCC(F)CCF)[c-]1cccc1P(C1CCCCC1)C1CCCCC1.[Fe].[cH-]1[cH-][cH-][cH-][cH-]1. The molecule has 0 nitrogen and oxygen atoms in total. The third-order valence-corrected chi connectivity index (χ3v) is 12.3. The third-order valence-electron chi connectivity index (χ3n) is 7.13. The van der Waals surface area contributed by atoms with E-state index in [1.165, 1.54) is 69.8 Å². The van der Waals surface area contributed by atoms with Gasteiger partial charge in [0.25, 0.3) is 0 Å². The maximum absolute atomic E-state index is 13.8. The van der Waals surface area contributed by atoms with Crippen LogP contribution < -0.4 is 5.30 Å². The van der Waals surface area contributed by atoms with Gasteiger partial charge in [0.1, 0.15) is 6.17 Å². The summed E-state index contributed by atoms with van der Waals surface area (Å²) in [5, 5.41) is 1.66. The minimum absolute atomic E-state index is 0. The molecule has 0 N–H and O–H groups in total. The molecule has 2 aromatic rings. The molecule has 0 bridgehead atoms. The van der Waals surface area contributed by atoms with E-state index in [-0.39, 0.29) is 31.4 Å². The molecule has 0 amide bonds. The Labute approximate surface area is 214 Å². The summed E-state index contributed by atoms with van der Waals surface area (Å²) in [4.78, 5) is 0. The van der Waals surface area contributed by atoms with Crippen molar-refractivity contribution in [1.82, 2.24) is 0 Å². The summed E-state index contributed by atoms with van der Waals surface area (Å²) in [6.07, 6.45) is 13.8. The number of alkyl halides is 2. The van der Waals surface area contributed by atoms with Crippen LogP contribution in [-0.2, 0) is 17.1 Å². The van der Waals surface area contributed by atoms with Gasteiger partial charge in [-0.05, 0) is 48.8 Å². The standard InChI is InChI=1S/C23H37F2P2.C5H5.Fe/c1-18(26-17-19(25)15-16-24)22-13-8-14-23(22)27(20-9-4-2-5-10-20)21-11-6-3-7-12-21;1-2-4-5-3-1;/h8,13-14,18-21,26H,2-7,9-12,15-17H2,1H3;1-5H;/q-1;-5;. The van der Waals surface area contributed by atoms with Crippen molar-refractivity contribution in [3.8, 4) is 0 Å². The summed E-state index contributed by atoms with van der Waals surface area (Å²) in [6.45, 7) is 1.74. The second-order valence-corrected chi connectivity index (χ2v) is 14.0.